The number of thioether (sulfide) groups is 1. The number of hydrazine groups is 1. The van der Waals surface area contributed by atoms with E-state index in [1.54, 1.807) is 19.1 Å². The van der Waals surface area contributed by atoms with E-state index in [1.165, 1.54) is 18.2 Å². The smallest absolute Gasteiger partial charge is 0.315 e. The van der Waals surface area contributed by atoms with E-state index < -0.39 is 28.2 Å². The Hall–Kier alpha value is -3.15. The van der Waals surface area contributed by atoms with E-state index in [2.05, 4.69) is 5.43 Å². The van der Waals surface area contributed by atoms with E-state index in [9.17, 15) is 24.8 Å². The third kappa shape index (κ3) is 4.85. The van der Waals surface area contributed by atoms with E-state index in [0.29, 0.717) is 0 Å². The van der Waals surface area contributed by atoms with Crippen molar-refractivity contribution < 1.29 is 24.4 Å². The van der Waals surface area contributed by atoms with Crippen LogP contribution in [0.15, 0.2) is 35.2 Å². The van der Waals surface area contributed by atoms with Gasteiger partial charge >= 0.3 is 5.69 Å². The average molecular weight is 494 g/mol. The molecule has 3 rings (SSSR count). The number of hydrogen-bond acceptors (Lipinski definition) is 8. The lowest BCUT2D eigenvalue weighted by Crippen LogP contribution is -2.44. The molecular formula is C20H16ClN3O6S2. The molecular weight excluding hydrogens is 478 g/mol. The van der Waals surface area contributed by atoms with Crippen LogP contribution in [0.3, 0.4) is 0 Å². The molecule has 2 N–H and O–H groups in total. The fraction of sp³-hybridized carbons (Fsp3) is 0.150. The summed E-state index contributed by atoms with van der Waals surface area (Å²) in [7, 11) is 0. The fourth-order valence-corrected chi connectivity index (χ4v) is 4.28. The topological polar surface area (TPSA) is 122 Å². The lowest BCUT2D eigenvalue weighted by Gasteiger charge is -2.16. The summed E-state index contributed by atoms with van der Waals surface area (Å²) in [6.07, 6.45) is 1.36. The first kappa shape index (κ1) is 23.5. The van der Waals surface area contributed by atoms with Crippen molar-refractivity contribution in [3.05, 3.63) is 67.1 Å². The van der Waals surface area contributed by atoms with Crippen molar-refractivity contribution in [2.75, 3.05) is 6.61 Å². The molecule has 0 radical (unpaired) electrons. The molecule has 1 saturated heterocycles. The summed E-state index contributed by atoms with van der Waals surface area (Å²) in [4.78, 5) is 36.0. The highest BCUT2D eigenvalue weighted by molar-refractivity contribution is 8.26. The molecule has 1 aliphatic rings. The number of ether oxygens (including phenoxy) is 1. The number of hydrogen-bond donors (Lipinski definition) is 2. The zero-order chi connectivity index (χ0) is 23.6. The number of nitrogens with one attached hydrogen (secondary N) is 1. The van der Waals surface area contributed by atoms with Gasteiger partial charge in [-0.2, -0.15) is 5.01 Å². The van der Waals surface area contributed by atoms with Gasteiger partial charge in [0.05, 0.1) is 27.0 Å². The lowest BCUT2D eigenvalue weighted by molar-refractivity contribution is -0.386. The number of thiocarbonyl (C=S) groups is 1. The Morgan fingerprint density at radius 3 is 2.75 bits per heavy atom. The van der Waals surface area contributed by atoms with Crippen LogP contribution < -0.4 is 10.2 Å². The summed E-state index contributed by atoms with van der Waals surface area (Å²) in [5, 5.41) is 22.4. The highest BCUT2D eigenvalue weighted by atomic mass is 35.5. The summed E-state index contributed by atoms with van der Waals surface area (Å²) in [5.74, 6) is -1.94. The van der Waals surface area contributed by atoms with E-state index in [0.717, 1.165) is 28.4 Å². The Balaban J connectivity index is 1.88. The minimum atomic E-state index is -0.758. The SMILES string of the molecule is CCOc1cc(C=C2SC(=S)N(NC(=O)c3ccc(C)cc3Cl)C2=O)cc([N+](=O)[O-])c1O. The van der Waals surface area contributed by atoms with Gasteiger partial charge in [0.15, 0.2) is 10.1 Å². The number of nitro benzene ring substituents is 1. The Kier molecular flexibility index (Phi) is 7.02. The molecule has 0 aromatic heterocycles. The molecule has 1 fully saturated rings. The average Bonchev–Trinajstić information content (AvgIpc) is 2.97. The molecule has 1 aliphatic heterocycles. The molecule has 2 amide bonds. The van der Waals surface area contributed by atoms with E-state index >= 15 is 0 Å². The van der Waals surface area contributed by atoms with Gasteiger partial charge in [0.2, 0.25) is 5.75 Å². The minimum absolute atomic E-state index is 0.0659. The number of benzene rings is 2. The molecule has 0 aliphatic carbocycles. The number of carbonyl (C=O) groups is 2. The number of nitro groups is 1. The minimum Gasteiger partial charge on any atom is -0.500 e. The Bertz CT molecular complexity index is 1180. The third-order valence-electron chi connectivity index (χ3n) is 4.25. The summed E-state index contributed by atoms with van der Waals surface area (Å²) in [6, 6.07) is 7.33. The summed E-state index contributed by atoms with van der Waals surface area (Å²) >= 11 is 12.2. The first-order chi connectivity index (χ1) is 15.1. The number of phenols is 1. The number of phenolic OH excluding ortho intramolecular Hbond substituents is 1. The lowest BCUT2D eigenvalue weighted by atomic mass is 10.1. The number of aryl methyl sites for hydroxylation is 1. The molecule has 0 spiro atoms. The van der Waals surface area contributed by atoms with Crippen LogP contribution in [0.1, 0.15) is 28.4 Å². The highest BCUT2D eigenvalue weighted by Crippen LogP contribution is 2.39. The first-order valence-electron chi connectivity index (χ1n) is 9.11. The Morgan fingerprint density at radius 1 is 1.41 bits per heavy atom. The quantitative estimate of drug-likeness (QED) is 0.265. The molecule has 0 saturated carbocycles. The molecule has 166 valence electrons. The number of carbonyl (C=O) groups excluding carboxylic acids is 2. The Morgan fingerprint density at radius 2 is 2.12 bits per heavy atom. The number of halogens is 1. The molecule has 12 heteroatoms. The van der Waals surface area contributed by atoms with Crippen LogP contribution in [-0.2, 0) is 4.79 Å². The van der Waals surface area contributed by atoms with E-state index in [4.69, 9.17) is 28.6 Å². The highest BCUT2D eigenvalue weighted by Gasteiger charge is 2.34. The van der Waals surface area contributed by atoms with Crippen molar-refractivity contribution in [3.63, 3.8) is 0 Å². The van der Waals surface area contributed by atoms with Gasteiger partial charge < -0.3 is 9.84 Å². The predicted octanol–water partition coefficient (Wildman–Crippen LogP) is 4.21. The van der Waals surface area contributed by atoms with Gasteiger partial charge in [-0.1, -0.05) is 29.4 Å². The number of rotatable bonds is 6. The molecule has 0 unspecified atom stereocenters. The zero-order valence-corrected chi connectivity index (χ0v) is 19.1. The first-order valence-corrected chi connectivity index (χ1v) is 10.7. The summed E-state index contributed by atoms with van der Waals surface area (Å²) in [5.41, 5.74) is 3.14. The van der Waals surface area contributed by atoms with Crippen LogP contribution in [-0.4, -0.2) is 37.8 Å². The van der Waals surface area contributed by atoms with Gasteiger partial charge in [0.1, 0.15) is 0 Å². The molecule has 0 atom stereocenters. The van der Waals surface area contributed by atoms with Gasteiger partial charge in [-0.15, -0.1) is 0 Å². The number of aromatic hydroxyl groups is 1. The molecule has 9 nitrogen and oxygen atoms in total. The maximum atomic E-state index is 12.8. The maximum absolute atomic E-state index is 12.8. The van der Waals surface area contributed by atoms with E-state index in [-0.39, 0.29) is 37.7 Å². The van der Waals surface area contributed by atoms with Gasteiger partial charge in [-0.3, -0.25) is 25.1 Å². The van der Waals surface area contributed by atoms with Crippen LogP contribution >= 0.6 is 35.6 Å². The van der Waals surface area contributed by atoms with Crippen LogP contribution in [0.4, 0.5) is 5.69 Å². The second-order valence-corrected chi connectivity index (χ2v) is 8.60. The molecule has 2 aromatic rings. The van der Waals surface area contributed by atoms with Gasteiger partial charge in [-0.25, -0.2) is 0 Å². The van der Waals surface area contributed by atoms with Crippen molar-refractivity contribution in [2.45, 2.75) is 13.8 Å². The predicted molar refractivity (Wildman–Crippen MR) is 125 cm³/mol. The van der Waals surface area contributed by atoms with Gasteiger partial charge in [-0.05, 0) is 61.5 Å². The van der Waals surface area contributed by atoms with Crippen molar-refractivity contribution in [3.8, 4) is 11.5 Å². The van der Waals surface area contributed by atoms with Crippen molar-refractivity contribution >= 4 is 63.5 Å². The maximum Gasteiger partial charge on any atom is 0.315 e. The second-order valence-electron chi connectivity index (χ2n) is 6.52. The van der Waals surface area contributed by atoms with Crippen LogP contribution in [0.5, 0.6) is 11.5 Å². The summed E-state index contributed by atoms with van der Waals surface area (Å²) in [6.45, 7) is 3.65. The Labute approximate surface area is 197 Å². The standard InChI is InChI=1S/C20H16ClN3O6S2/c1-3-30-15-8-11(7-14(17(15)25)24(28)29)9-16-19(27)23(20(31)32-16)22-18(26)12-5-4-10(2)6-13(12)21/h4-9,25H,3H2,1-2H3,(H,22,26). The molecule has 32 heavy (non-hydrogen) atoms. The number of nitrogens with zero attached hydrogens (tertiary/aromatic N) is 2. The second kappa shape index (κ2) is 9.55. The van der Waals surface area contributed by atoms with Crippen LogP contribution in [0.25, 0.3) is 6.08 Å². The van der Waals surface area contributed by atoms with Crippen LogP contribution in [0.2, 0.25) is 5.02 Å². The van der Waals surface area contributed by atoms with Gasteiger partial charge in [0.25, 0.3) is 11.8 Å². The van der Waals surface area contributed by atoms with Crippen LogP contribution in [0, 0.1) is 17.0 Å². The monoisotopic (exact) mass is 493 g/mol. The third-order valence-corrected chi connectivity index (χ3v) is 5.86. The normalized spacial score (nSPS) is 14.7. The molecule has 2 aromatic carbocycles. The number of amides is 2. The van der Waals surface area contributed by atoms with Crippen molar-refractivity contribution in [2.24, 2.45) is 0 Å². The largest absolute Gasteiger partial charge is 0.500 e. The zero-order valence-electron chi connectivity index (χ0n) is 16.7. The van der Waals surface area contributed by atoms with Crippen molar-refractivity contribution in [1.82, 2.24) is 10.4 Å². The van der Waals surface area contributed by atoms with E-state index in [1.807, 2.05) is 6.92 Å². The molecule has 1 heterocycles. The fourth-order valence-electron chi connectivity index (χ4n) is 2.78. The van der Waals surface area contributed by atoms with Crippen molar-refractivity contribution in [1.29, 1.82) is 0 Å². The molecule has 0 bridgehead atoms. The summed E-state index contributed by atoms with van der Waals surface area (Å²) < 4.78 is 5.31. The van der Waals surface area contributed by atoms with Gasteiger partial charge in [0, 0.05) is 6.07 Å².